The number of aromatic nitrogens is 4. The summed E-state index contributed by atoms with van der Waals surface area (Å²) in [6.07, 6.45) is 0.0682. The van der Waals surface area contributed by atoms with Gasteiger partial charge in [0, 0.05) is 0 Å². The number of carbonyl (C=O) groups is 1. The van der Waals surface area contributed by atoms with Gasteiger partial charge in [-0.15, -0.1) is 10.2 Å². The Hall–Kier alpha value is -2.51. The van der Waals surface area contributed by atoms with Crippen LogP contribution >= 0.6 is 0 Å². The van der Waals surface area contributed by atoms with Crippen LogP contribution in [0.5, 0.6) is 5.75 Å². The molecule has 2 N–H and O–H groups in total. The highest BCUT2D eigenvalue weighted by atomic mass is 19.1. The van der Waals surface area contributed by atoms with Crippen molar-refractivity contribution >= 4 is 5.91 Å². The number of methoxy groups -OCH3 is 1. The van der Waals surface area contributed by atoms with Crippen LogP contribution in [0.3, 0.4) is 0 Å². The molecule has 0 spiro atoms. The predicted octanol–water partition coefficient (Wildman–Crippen LogP) is 0.206. The fourth-order valence-electron chi connectivity index (χ4n) is 1.50. The molecule has 1 amide bonds. The number of nitrogens with zero attached hydrogens (tertiary/aromatic N) is 3. The maximum absolute atomic E-state index is 13.4. The number of aromatic amines is 1. The average molecular weight is 265 g/mol. The van der Waals surface area contributed by atoms with Gasteiger partial charge in [-0.1, -0.05) is 11.3 Å². The van der Waals surface area contributed by atoms with Gasteiger partial charge in [0.05, 0.1) is 20.1 Å². The summed E-state index contributed by atoms with van der Waals surface area (Å²) in [7, 11) is 1.38. The molecule has 1 aromatic carbocycles. The Labute approximate surface area is 108 Å². The second-order valence-corrected chi connectivity index (χ2v) is 3.75. The highest BCUT2D eigenvalue weighted by molar-refractivity contribution is 5.78. The van der Waals surface area contributed by atoms with Crippen LogP contribution < -0.4 is 10.1 Å². The van der Waals surface area contributed by atoms with Crippen molar-refractivity contribution in [3.05, 3.63) is 35.4 Å². The first-order valence-corrected chi connectivity index (χ1v) is 5.50. The highest BCUT2D eigenvalue weighted by Gasteiger charge is 2.08. The number of tetrazole rings is 1. The van der Waals surface area contributed by atoms with Crippen molar-refractivity contribution in [2.45, 2.75) is 13.0 Å². The first-order valence-electron chi connectivity index (χ1n) is 5.50. The molecule has 0 radical (unpaired) electrons. The van der Waals surface area contributed by atoms with Crippen LogP contribution in [0.15, 0.2) is 18.2 Å². The van der Waals surface area contributed by atoms with E-state index in [0.29, 0.717) is 11.4 Å². The summed E-state index contributed by atoms with van der Waals surface area (Å²) >= 11 is 0. The van der Waals surface area contributed by atoms with E-state index in [0.717, 1.165) is 0 Å². The van der Waals surface area contributed by atoms with Gasteiger partial charge in [-0.05, 0) is 17.7 Å². The molecule has 1 heterocycles. The zero-order valence-electron chi connectivity index (χ0n) is 10.2. The standard InChI is InChI=1S/C11H12FN5O2/c1-19-9-3-2-7(4-8(9)12)5-11(18)13-6-10-14-16-17-15-10/h2-4H,5-6H2,1H3,(H,13,18)(H,14,15,16,17). The van der Waals surface area contributed by atoms with Gasteiger partial charge in [0.2, 0.25) is 5.91 Å². The van der Waals surface area contributed by atoms with Gasteiger partial charge < -0.3 is 10.1 Å². The molecular formula is C11H12FN5O2. The van der Waals surface area contributed by atoms with E-state index in [1.54, 1.807) is 6.07 Å². The van der Waals surface area contributed by atoms with Gasteiger partial charge in [-0.2, -0.15) is 5.21 Å². The summed E-state index contributed by atoms with van der Waals surface area (Å²) in [5.41, 5.74) is 0.559. The molecule has 2 aromatic rings. The smallest absolute Gasteiger partial charge is 0.224 e. The minimum absolute atomic E-state index is 0.0682. The van der Waals surface area contributed by atoms with Crippen molar-refractivity contribution in [1.82, 2.24) is 25.9 Å². The average Bonchev–Trinajstić information content (AvgIpc) is 2.90. The van der Waals surface area contributed by atoms with Crippen LogP contribution in [-0.4, -0.2) is 33.6 Å². The molecule has 100 valence electrons. The fourth-order valence-corrected chi connectivity index (χ4v) is 1.50. The molecular weight excluding hydrogens is 253 g/mol. The molecule has 0 saturated carbocycles. The van der Waals surface area contributed by atoms with Gasteiger partial charge in [-0.3, -0.25) is 4.79 Å². The molecule has 0 aliphatic heterocycles. The summed E-state index contributed by atoms with van der Waals surface area (Å²) in [6.45, 7) is 0.175. The number of ether oxygens (including phenoxy) is 1. The molecule has 0 saturated heterocycles. The van der Waals surface area contributed by atoms with Gasteiger partial charge in [-0.25, -0.2) is 4.39 Å². The van der Waals surface area contributed by atoms with Crippen molar-refractivity contribution in [3.8, 4) is 5.75 Å². The first kappa shape index (κ1) is 12.9. The lowest BCUT2D eigenvalue weighted by Gasteiger charge is -2.05. The van der Waals surface area contributed by atoms with Gasteiger partial charge in [0.15, 0.2) is 17.4 Å². The third-order valence-electron chi connectivity index (χ3n) is 2.41. The number of nitrogens with one attached hydrogen (secondary N) is 2. The maximum Gasteiger partial charge on any atom is 0.224 e. The highest BCUT2D eigenvalue weighted by Crippen LogP contribution is 2.17. The second-order valence-electron chi connectivity index (χ2n) is 3.75. The van der Waals surface area contributed by atoms with Crippen molar-refractivity contribution in [2.75, 3.05) is 7.11 Å². The van der Waals surface area contributed by atoms with Gasteiger partial charge in [0.25, 0.3) is 0 Å². The van der Waals surface area contributed by atoms with E-state index in [-0.39, 0.29) is 24.6 Å². The maximum atomic E-state index is 13.4. The van der Waals surface area contributed by atoms with E-state index < -0.39 is 5.82 Å². The van der Waals surface area contributed by atoms with Crippen LogP contribution in [0, 0.1) is 5.82 Å². The molecule has 8 heteroatoms. The molecule has 0 fully saturated rings. The normalized spacial score (nSPS) is 10.2. The monoisotopic (exact) mass is 265 g/mol. The SMILES string of the molecule is COc1ccc(CC(=O)NCc2nn[nH]n2)cc1F. The number of rotatable bonds is 5. The third-order valence-corrected chi connectivity index (χ3v) is 2.41. The summed E-state index contributed by atoms with van der Waals surface area (Å²) in [5, 5.41) is 15.6. The topological polar surface area (TPSA) is 92.8 Å². The van der Waals surface area contributed by atoms with Gasteiger partial charge in [0.1, 0.15) is 0 Å². The Balaban J connectivity index is 1.90. The molecule has 0 unspecified atom stereocenters. The number of hydrogen-bond donors (Lipinski definition) is 2. The van der Waals surface area contributed by atoms with Crippen LogP contribution in [0.25, 0.3) is 0 Å². The second kappa shape index (κ2) is 5.89. The molecule has 0 atom stereocenters. The summed E-state index contributed by atoms with van der Waals surface area (Å²) in [5.74, 6) is -0.217. The number of hydrogen-bond acceptors (Lipinski definition) is 5. The summed E-state index contributed by atoms with van der Waals surface area (Å²) in [6, 6.07) is 4.39. The Kier molecular flexibility index (Phi) is 4.01. The zero-order chi connectivity index (χ0) is 13.7. The number of H-pyrrole nitrogens is 1. The minimum Gasteiger partial charge on any atom is -0.494 e. The van der Waals surface area contributed by atoms with E-state index in [2.05, 4.69) is 25.9 Å². The van der Waals surface area contributed by atoms with E-state index in [1.807, 2.05) is 0 Å². The van der Waals surface area contributed by atoms with Crippen LogP contribution in [0.1, 0.15) is 11.4 Å². The molecule has 7 nitrogen and oxygen atoms in total. The Morgan fingerprint density at radius 1 is 1.53 bits per heavy atom. The largest absolute Gasteiger partial charge is 0.494 e. The third kappa shape index (κ3) is 3.47. The molecule has 0 bridgehead atoms. The molecule has 2 rings (SSSR count). The van der Waals surface area contributed by atoms with Crippen molar-refractivity contribution in [2.24, 2.45) is 0 Å². The van der Waals surface area contributed by atoms with Crippen LogP contribution in [0.2, 0.25) is 0 Å². The fraction of sp³-hybridized carbons (Fsp3) is 0.273. The van der Waals surface area contributed by atoms with E-state index in [9.17, 15) is 9.18 Å². The molecule has 0 aliphatic carbocycles. The van der Waals surface area contributed by atoms with E-state index in [1.165, 1.54) is 19.2 Å². The number of halogens is 1. The van der Waals surface area contributed by atoms with Crippen molar-refractivity contribution in [3.63, 3.8) is 0 Å². The number of benzene rings is 1. The van der Waals surface area contributed by atoms with Crippen LogP contribution in [-0.2, 0) is 17.8 Å². The first-order chi connectivity index (χ1) is 9.19. The minimum atomic E-state index is -0.494. The summed E-state index contributed by atoms with van der Waals surface area (Å²) in [4.78, 5) is 11.6. The lowest BCUT2D eigenvalue weighted by atomic mass is 10.1. The lowest BCUT2D eigenvalue weighted by molar-refractivity contribution is -0.120. The predicted molar refractivity (Wildman–Crippen MR) is 62.7 cm³/mol. The van der Waals surface area contributed by atoms with E-state index in [4.69, 9.17) is 4.74 Å². The van der Waals surface area contributed by atoms with Crippen molar-refractivity contribution in [1.29, 1.82) is 0 Å². The lowest BCUT2D eigenvalue weighted by Crippen LogP contribution is -2.25. The zero-order valence-corrected chi connectivity index (χ0v) is 10.2. The molecule has 19 heavy (non-hydrogen) atoms. The Morgan fingerprint density at radius 2 is 2.37 bits per heavy atom. The molecule has 1 aromatic heterocycles. The molecule has 0 aliphatic rings. The van der Waals surface area contributed by atoms with Crippen LogP contribution in [0.4, 0.5) is 4.39 Å². The van der Waals surface area contributed by atoms with Crippen molar-refractivity contribution < 1.29 is 13.9 Å². The quantitative estimate of drug-likeness (QED) is 0.806. The Morgan fingerprint density at radius 3 is 3.00 bits per heavy atom. The van der Waals surface area contributed by atoms with Gasteiger partial charge >= 0.3 is 0 Å². The summed E-state index contributed by atoms with van der Waals surface area (Å²) < 4.78 is 18.2. The van der Waals surface area contributed by atoms with E-state index >= 15 is 0 Å². The number of carbonyl (C=O) groups excluding carboxylic acids is 1. The Bertz CT molecular complexity index is 558. The number of amides is 1.